The van der Waals surface area contributed by atoms with Crippen molar-refractivity contribution in [2.24, 2.45) is 11.5 Å². The highest BCUT2D eigenvalue weighted by Crippen LogP contribution is 2.18. The number of H-pyrrole nitrogens is 2. The topological polar surface area (TPSA) is 135 Å². The molecule has 100 valence electrons. The predicted octanol–water partition coefficient (Wildman–Crippen LogP) is -0.518. The van der Waals surface area contributed by atoms with Gasteiger partial charge in [0, 0.05) is 12.5 Å². The number of amides is 1. The molecule has 19 heavy (non-hydrogen) atoms. The average molecular weight is 262 g/mol. The van der Waals surface area contributed by atoms with E-state index in [0.29, 0.717) is 17.5 Å². The number of hydrogen-bond acceptors (Lipinski definition) is 4. The lowest BCUT2D eigenvalue weighted by Gasteiger charge is -2.11. The molecule has 1 atom stereocenters. The van der Waals surface area contributed by atoms with E-state index in [1.54, 1.807) is 18.2 Å². The van der Waals surface area contributed by atoms with Crippen molar-refractivity contribution in [1.82, 2.24) is 9.97 Å². The van der Waals surface area contributed by atoms with E-state index in [9.17, 15) is 14.4 Å². The molecule has 6 N–H and O–H groups in total. The van der Waals surface area contributed by atoms with Crippen LogP contribution < -0.4 is 22.6 Å². The van der Waals surface area contributed by atoms with Gasteiger partial charge >= 0.3 is 11.1 Å². The molecule has 1 aromatic carbocycles. The zero-order chi connectivity index (χ0) is 14.0. The van der Waals surface area contributed by atoms with E-state index < -0.39 is 17.0 Å². The van der Waals surface area contributed by atoms with Crippen molar-refractivity contribution >= 4 is 16.9 Å². The van der Waals surface area contributed by atoms with Gasteiger partial charge in [-0.3, -0.25) is 14.4 Å². The molecule has 0 fully saturated rings. The first-order valence-corrected chi connectivity index (χ1v) is 5.77. The summed E-state index contributed by atoms with van der Waals surface area (Å²) in [4.78, 5) is 38.0. The number of carbonyl (C=O) groups excluding carboxylic acids is 1. The number of carbonyl (C=O) groups is 1. The average Bonchev–Trinajstić information content (AvgIpc) is 2.36. The minimum Gasteiger partial charge on any atom is -0.370 e. The van der Waals surface area contributed by atoms with E-state index in [1.807, 2.05) is 0 Å². The summed E-state index contributed by atoms with van der Waals surface area (Å²) in [5, 5.41) is 0. The van der Waals surface area contributed by atoms with Crippen LogP contribution in [0.4, 0.5) is 0 Å². The van der Waals surface area contributed by atoms with Gasteiger partial charge in [0.2, 0.25) is 5.91 Å². The summed E-state index contributed by atoms with van der Waals surface area (Å²) in [6.07, 6.45) is 0.621. The Morgan fingerprint density at radius 3 is 2.42 bits per heavy atom. The van der Waals surface area contributed by atoms with E-state index in [-0.39, 0.29) is 12.5 Å². The SMILES string of the molecule is NC(=O)CCC(N)c1ccc2[nH]c(=O)c(=O)[nH]c2c1. The maximum absolute atomic E-state index is 11.2. The molecule has 0 saturated heterocycles. The van der Waals surface area contributed by atoms with Gasteiger partial charge in [-0.2, -0.15) is 0 Å². The monoisotopic (exact) mass is 262 g/mol. The summed E-state index contributed by atoms with van der Waals surface area (Å²) in [6, 6.07) is 4.72. The normalized spacial score (nSPS) is 12.5. The molecule has 0 bridgehead atoms. The lowest BCUT2D eigenvalue weighted by molar-refractivity contribution is -0.118. The zero-order valence-corrected chi connectivity index (χ0v) is 10.1. The van der Waals surface area contributed by atoms with E-state index in [2.05, 4.69) is 9.97 Å². The maximum Gasteiger partial charge on any atom is 0.314 e. The van der Waals surface area contributed by atoms with Crippen LogP contribution in [0.5, 0.6) is 0 Å². The number of hydrogen-bond donors (Lipinski definition) is 4. The summed E-state index contributed by atoms with van der Waals surface area (Å²) < 4.78 is 0. The second kappa shape index (κ2) is 5.07. The summed E-state index contributed by atoms with van der Waals surface area (Å²) in [7, 11) is 0. The van der Waals surface area contributed by atoms with Gasteiger partial charge in [-0.25, -0.2) is 0 Å². The third kappa shape index (κ3) is 2.89. The Hall–Kier alpha value is -2.41. The molecule has 0 spiro atoms. The van der Waals surface area contributed by atoms with E-state index in [4.69, 9.17) is 11.5 Å². The first-order chi connectivity index (χ1) is 8.97. The Bertz CT molecular complexity index is 732. The van der Waals surface area contributed by atoms with Crippen molar-refractivity contribution < 1.29 is 4.79 Å². The summed E-state index contributed by atoms with van der Waals surface area (Å²) in [6.45, 7) is 0. The fraction of sp³-hybridized carbons (Fsp3) is 0.250. The van der Waals surface area contributed by atoms with Crippen LogP contribution in [0.3, 0.4) is 0 Å². The highest BCUT2D eigenvalue weighted by Gasteiger charge is 2.09. The van der Waals surface area contributed by atoms with Crippen LogP contribution in [0.15, 0.2) is 27.8 Å². The summed E-state index contributed by atoms with van der Waals surface area (Å²) >= 11 is 0. The molecule has 0 radical (unpaired) electrons. The summed E-state index contributed by atoms with van der Waals surface area (Å²) in [5.74, 6) is -0.408. The lowest BCUT2D eigenvalue weighted by Crippen LogP contribution is -2.29. The van der Waals surface area contributed by atoms with Gasteiger partial charge in [0.1, 0.15) is 0 Å². The Morgan fingerprint density at radius 1 is 1.16 bits per heavy atom. The number of nitrogens with one attached hydrogen (secondary N) is 2. The molecular formula is C12H14N4O3. The Morgan fingerprint density at radius 2 is 1.79 bits per heavy atom. The molecule has 0 aliphatic heterocycles. The summed E-state index contributed by atoms with van der Waals surface area (Å²) in [5.41, 5.74) is 11.4. The zero-order valence-electron chi connectivity index (χ0n) is 10.1. The van der Waals surface area contributed by atoms with E-state index >= 15 is 0 Å². The molecule has 1 unspecified atom stereocenters. The van der Waals surface area contributed by atoms with E-state index in [0.717, 1.165) is 5.56 Å². The van der Waals surface area contributed by atoms with Crippen LogP contribution in [0.1, 0.15) is 24.4 Å². The second-order valence-electron chi connectivity index (χ2n) is 4.32. The minimum atomic E-state index is -0.713. The van der Waals surface area contributed by atoms with Crippen LogP contribution in [-0.2, 0) is 4.79 Å². The standard InChI is InChI=1S/C12H14N4O3/c13-7(2-4-10(14)17)6-1-3-8-9(5-6)16-12(19)11(18)15-8/h1,3,5,7H,2,4,13H2,(H2,14,17)(H,15,18)(H,16,19). The quantitative estimate of drug-likeness (QED) is 0.551. The first kappa shape index (κ1) is 13.0. The molecule has 1 heterocycles. The number of aromatic nitrogens is 2. The molecule has 1 amide bonds. The van der Waals surface area contributed by atoms with Crippen LogP contribution in [0.2, 0.25) is 0 Å². The van der Waals surface area contributed by atoms with Crippen molar-refractivity contribution in [2.75, 3.05) is 0 Å². The predicted molar refractivity (Wildman–Crippen MR) is 70.5 cm³/mol. The number of nitrogens with two attached hydrogens (primary N) is 2. The second-order valence-corrected chi connectivity index (χ2v) is 4.32. The molecule has 2 aromatic rings. The molecule has 2 rings (SSSR count). The molecule has 0 aliphatic carbocycles. The fourth-order valence-electron chi connectivity index (χ4n) is 1.83. The van der Waals surface area contributed by atoms with Gasteiger partial charge in [-0.15, -0.1) is 0 Å². The van der Waals surface area contributed by atoms with E-state index in [1.165, 1.54) is 0 Å². The molecule has 0 aliphatic rings. The van der Waals surface area contributed by atoms with Gasteiger partial charge in [0.15, 0.2) is 0 Å². The van der Waals surface area contributed by atoms with Crippen LogP contribution in [-0.4, -0.2) is 15.9 Å². The molecule has 7 heteroatoms. The number of aromatic amines is 2. The molecule has 1 aromatic heterocycles. The number of fused-ring (bicyclic) bond motifs is 1. The number of primary amides is 1. The Kier molecular flexibility index (Phi) is 3.48. The smallest absolute Gasteiger partial charge is 0.314 e. The minimum absolute atomic E-state index is 0.196. The highest BCUT2D eigenvalue weighted by molar-refractivity contribution is 5.75. The van der Waals surface area contributed by atoms with Gasteiger partial charge in [0.25, 0.3) is 0 Å². The van der Waals surface area contributed by atoms with Gasteiger partial charge in [-0.05, 0) is 24.1 Å². The molecule has 0 saturated carbocycles. The maximum atomic E-state index is 11.2. The van der Waals surface area contributed by atoms with Crippen LogP contribution >= 0.6 is 0 Å². The first-order valence-electron chi connectivity index (χ1n) is 5.77. The third-order valence-corrected chi connectivity index (χ3v) is 2.88. The van der Waals surface area contributed by atoms with Crippen molar-refractivity contribution in [3.63, 3.8) is 0 Å². The fourth-order valence-corrected chi connectivity index (χ4v) is 1.83. The van der Waals surface area contributed by atoms with Crippen molar-refractivity contribution in [2.45, 2.75) is 18.9 Å². The van der Waals surface area contributed by atoms with Crippen LogP contribution in [0, 0.1) is 0 Å². The van der Waals surface area contributed by atoms with Gasteiger partial charge < -0.3 is 21.4 Å². The van der Waals surface area contributed by atoms with Gasteiger partial charge in [0.05, 0.1) is 11.0 Å². The van der Waals surface area contributed by atoms with Crippen molar-refractivity contribution in [1.29, 1.82) is 0 Å². The number of benzene rings is 1. The van der Waals surface area contributed by atoms with Gasteiger partial charge in [-0.1, -0.05) is 6.07 Å². The van der Waals surface area contributed by atoms with Crippen molar-refractivity contribution in [3.8, 4) is 0 Å². The Labute approximate surface area is 107 Å². The number of rotatable bonds is 4. The molecule has 7 nitrogen and oxygen atoms in total. The molecular weight excluding hydrogens is 248 g/mol. The lowest BCUT2D eigenvalue weighted by atomic mass is 10.0. The van der Waals surface area contributed by atoms with Crippen molar-refractivity contribution in [3.05, 3.63) is 44.5 Å². The Balaban J connectivity index is 2.35. The highest BCUT2D eigenvalue weighted by atomic mass is 16.2. The largest absolute Gasteiger partial charge is 0.370 e. The van der Waals surface area contributed by atoms with Crippen LogP contribution in [0.25, 0.3) is 11.0 Å². The third-order valence-electron chi connectivity index (χ3n) is 2.88.